The van der Waals surface area contributed by atoms with E-state index in [1.807, 2.05) is 50.2 Å². The summed E-state index contributed by atoms with van der Waals surface area (Å²) in [7, 11) is 0. The molecule has 4 heteroatoms. The molecule has 0 saturated carbocycles. The van der Waals surface area contributed by atoms with Crippen molar-refractivity contribution in [2.75, 3.05) is 0 Å². The van der Waals surface area contributed by atoms with Gasteiger partial charge in [-0.15, -0.1) is 0 Å². The zero-order valence-corrected chi connectivity index (χ0v) is 15.5. The molecule has 0 aliphatic heterocycles. The van der Waals surface area contributed by atoms with Crippen LogP contribution in [0.3, 0.4) is 0 Å². The number of carbonyl (C=O) groups is 2. The zero-order valence-electron chi connectivity index (χ0n) is 13.9. The molecule has 0 bridgehead atoms. The second-order valence-electron chi connectivity index (χ2n) is 6.16. The fourth-order valence-corrected chi connectivity index (χ4v) is 3.48. The minimum Gasteiger partial charge on any atom is -0.459 e. The monoisotopic (exact) mass is 388 g/mol. The highest BCUT2D eigenvalue weighted by Gasteiger charge is 2.45. The minimum absolute atomic E-state index is 0.146. The van der Waals surface area contributed by atoms with Crippen LogP contribution in [0.5, 0.6) is 0 Å². The molecule has 0 heterocycles. The summed E-state index contributed by atoms with van der Waals surface area (Å²) in [6, 6.07) is 18.3. The van der Waals surface area contributed by atoms with E-state index < -0.39 is 10.3 Å². The van der Waals surface area contributed by atoms with Crippen LogP contribution in [-0.2, 0) is 16.1 Å². The third-order valence-electron chi connectivity index (χ3n) is 3.62. The lowest BCUT2D eigenvalue weighted by molar-refractivity contribution is -0.146. The molecular formula is C20H21BrO3. The van der Waals surface area contributed by atoms with Crippen molar-refractivity contribution in [3.05, 3.63) is 71.8 Å². The van der Waals surface area contributed by atoms with Crippen molar-refractivity contribution >= 4 is 27.7 Å². The summed E-state index contributed by atoms with van der Waals surface area (Å²) < 4.78 is 4.07. The summed E-state index contributed by atoms with van der Waals surface area (Å²) in [4.78, 5) is 25.6. The Hall–Kier alpha value is -1.94. The van der Waals surface area contributed by atoms with E-state index >= 15 is 0 Å². The third-order valence-corrected chi connectivity index (χ3v) is 4.63. The Balaban J connectivity index is 2.19. The van der Waals surface area contributed by atoms with Gasteiger partial charge in [0.2, 0.25) is 0 Å². The standard InChI is InChI=1S/C20H21BrO3/c1-15(2)13-20(21,18(22)17-11-7-4-8-12-17)19(23)24-14-16-9-5-3-6-10-16/h3-12,15H,13-14H2,1-2H3. The van der Waals surface area contributed by atoms with Crippen LogP contribution in [0.1, 0.15) is 36.2 Å². The van der Waals surface area contributed by atoms with Crippen molar-refractivity contribution in [3.8, 4) is 0 Å². The second kappa shape index (κ2) is 8.25. The Morgan fingerprint density at radius 3 is 2.08 bits per heavy atom. The number of hydrogen-bond donors (Lipinski definition) is 0. The Bertz CT molecular complexity index is 683. The van der Waals surface area contributed by atoms with Crippen molar-refractivity contribution in [2.45, 2.75) is 31.2 Å². The number of hydrogen-bond acceptors (Lipinski definition) is 3. The topological polar surface area (TPSA) is 43.4 Å². The highest BCUT2D eigenvalue weighted by Crippen LogP contribution is 2.33. The lowest BCUT2D eigenvalue weighted by atomic mass is 9.89. The van der Waals surface area contributed by atoms with Gasteiger partial charge in [-0.05, 0) is 17.9 Å². The SMILES string of the molecule is CC(C)CC(Br)(C(=O)OCc1ccccc1)C(=O)c1ccccc1. The van der Waals surface area contributed by atoms with Gasteiger partial charge in [-0.3, -0.25) is 9.59 Å². The number of rotatable bonds is 7. The molecular weight excluding hydrogens is 368 g/mol. The van der Waals surface area contributed by atoms with Crippen molar-refractivity contribution < 1.29 is 14.3 Å². The maximum absolute atomic E-state index is 12.9. The maximum Gasteiger partial charge on any atom is 0.331 e. The molecule has 3 nitrogen and oxygen atoms in total. The molecule has 0 fully saturated rings. The third kappa shape index (κ3) is 4.54. The largest absolute Gasteiger partial charge is 0.459 e. The highest BCUT2D eigenvalue weighted by molar-refractivity contribution is 9.10. The quantitative estimate of drug-likeness (QED) is 0.296. The van der Waals surface area contributed by atoms with Crippen LogP contribution in [0.2, 0.25) is 0 Å². The van der Waals surface area contributed by atoms with Gasteiger partial charge in [-0.25, -0.2) is 0 Å². The first-order valence-corrected chi connectivity index (χ1v) is 8.72. The van der Waals surface area contributed by atoms with Gasteiger partial charge in [0.05, 0.1) is 0 Å². The lowest BCUT2D eigenvalue weighted by Gasteiger charge is -2.26. The summed E-state index contributed by atoms with van der Waals surface area (Å²) in [6.07, 6.45) is 0.369. The van der Waals surface area contributed by atoms with Crippen molar-refractivity contribution in [3.63, 3.8) is 0 Å². The molecule has 2 aromatic rings. The summed E-state index contributed by atoms with van der Waals surface area (Å²) in [5, 5.41) is 0. The van der Waals surface area contributed by atoms with E-state index in [0.717, 1.165) is 5.56 Å². The van der Waals surface area contributed by atoms with Gasteiger partial charge in [0.1, 0.15) is 6.61 Å². The molecule has 0 saturated heterocycles. The van der Waals surface area contributed by atoms with E-state index in [0.29, 0.717) is 12.0 Å². The number of Topliss-reactive ketones (excluding diaryl/α,β-unsaturated/α-hetero) is 1. The number of ketones is 1. The molecule has 0 aliphatic rings. The summed E-state index contributed by atoms with van der Waals surface area (Å²) in [5.41, 5.74) is 1.38. The molecule has 126 valence electrons. The minimum atomic E-state index is -1.36. The van der Waals surface area contributed by atoms with Gasteiger partial charge in [0.15, 0.2) is 10.1 Å². The van der Waals surface area contributed by atoms with Crippen LogP contribution in [0, 0.1) is 5.92 Å². The molecule has 0 spiro atoms. The molecule has 24 heavy (non-hydrogen) atoms. The first-order valence-electron chi connectivity index (χ1n) is 7.93. The number of halogens is 1. The van der Waals surface area contributed by atoms with Crippen LogP contribution in [0.4, 0.5) is 0 Å². The summed E-state index contributed by atoms with van der Waals surface area (Å²) in [5.74, 6) is -0.662. The van der Waals surface area contributed by atoms with Crippen LogP contribution in [0.15, 0.2) is 60.7 Å². The van der Waals surface area contributed by atoms with E-state index in [4.69, 9.17) is 4.74 Å². The van der Waals surface area contributed by atoms with E-state index in [1.165, 1.54) is 0 Å². The van der Waals surface area contributed by atoms with Crippen molar-refractivity contribution in [2.24, 2.45) is 5.92 Å². The molecule has 1 atom stereocenters. The number of ether oxygens (including phenoxy) is 1. The first kappa shape index (κ1) is 18.4. The van der Waals surface area contributed by atoms with E-state index in [2.05, 4.69) is 15.9 Å². The Morgan fingerprint density at radius 1 is 1.00 bits per heavy atom. The molecule has 1 unspecified atom stereocenters. The fraction of sp³-hybridized carbons (Fsp3) is 0.300. The normalized spacial score (nSPS) is 13.3. The molecule has 2 rings (SSSR count). The van der Waals surface area contributed by atoms with Crippen LogP contribution < -0.4 is 0 Å². The summed E-state index contributed by atoms with van der Waals surface area (Å²) in [6.45, 7) is 4.09. The van der Waals surface area contributed by atoms with Gasteiger partial charge < -0.3 is 4.74 Å². The zero-order chi connectivity index (χ0) is 17.6. The van der Waals surface area contributed by atoms with Gasteiger partial charge in [-0.1, -0.05) is 90.4 Å². The Morgan fingerprint density at radius 2 is 1.54 bits per heavy atom. The number of esters is 1. The molecule has 0 aliphatic carbocycles. The molecule has 0 radical (unpaired) electrons. The number of benzene rings is 2. The maximum atomic E-state index is 12.9. The molecule has 0 amide bonds. The van der Waals surface area contributed by atoms with Crippen molar-refractivity contribution in [1.29, 1.82) is 0 Å². The van der Waals surface area contributed by atoms with E-state index in [-0.39, 0.29) is 18.3 Å². The first-order chi connectivity index (χ1) is 11.4. The average molecular weight is 389 g/mol. The predicted molar refractivity (Wildman–Crippen MR) is 98.1 cm³/mol. The molecule has 0 N–H and O–H groups in total. The number of carbonyl (C=O) groups excluding carboxylic acids is 2. The van der Waals surface area contributed by atoms with E-state index in [9.17, 15) is 9.59 Å². The van der Waals surface area contributed by atoms with Gasteiger partial charge in [0, 0.05) is 5.56 Å². The van der Waals surface area contributed by atoms with Gasteiger partial charge >= 0.3 is 5.97 Å². The lowest BCUT2D eigenvalue weighted by Crippen LogP contribution is -2.43. The smallest absolute Gasteiger partial charge is 0.331 e. The Labute approximate surface area is 151 Å². The fourth-order valence-electron chi connectivity index (χ4n) is 2.49. The molecule has 2 aromatic carbocycles. The predicted octanol–water partition coefficient (Wildman–Crippen LogP) is 4.79. The average Bonchev–Trinajstić information content (AvgIpc) is 2.60. The number of alkyl halides is 1. The van der Waals surface area contributed by atoms with Crippen LogP contribution >= 0.6 is 15.9 Å². The second-order valence-corrected chi connectivity index (χ2v) is 7.51. The van der Waals surface area contributed by atoms with Gasteiger partial charge in [-0.2, -0.15) is 0 Å². The highest BCUT2D eigenvalue weighted by atomic mass is 79.9. The Kier molecular flexibility index (Phi) is 6.32. The van der Waals surface area contributed by atoms with Crippen LogP contribution in [-0.4, -0.2) is 16.1 Å². The van der Waals surface area contributed by atoms with Gasteiger partial charge in [0.25, 0.3) is 0 Å². The summed E-state index contributed by atoms with van der Waals surface area (Å²) >= 11 is 3.40. The van der Waals surface area contributed by atoms with E-state index in [1.54, 1.807) is 24.3 Å². The van der Waals surface area contributed by atoms with Crippen LogP contribution in [0.25, 0.3) is 0 Å². The van der Waals surface area contributed by atoms with Crippen molar-refractivity contribution in [1.82, 2.24) is 0 Å². The molecule has 0 aromatic heterocycles.